The van der Waals surface area contributed by atoms with E-state index in [4.69, 9.17) is 0 Å². The minimum absolute atomic E-state index is 0.250. The van der Waals surface area contributed by atoms with Crippen molar-refractivity contribution < 1.29 is 5.11 Å². The Kier molecular flexibility index (Phi) is 4.24. The highest BCUT2D eigenvalue weighted by molar-refractivity contribution is 9.10. The van der Waals surface area contributed by atoms with Gasteiger partial charge < -0.3 is 10.4 Å². The summed E-state index contributed by atoms with van der Waals surface area (Å²) in [6, 6.07) is 7.48. The predicted molar refractivity (Wildman–Crippen MR) is 79.8 cm³/mol. The molecule has 18 heavy (non-hydrogen) atoms. The molecule has 2 aromatic rings. The minimum atomic E-state index is 0.250. The number of pyridine rings is 1. The Morgan fingerprint density at radius 2 is 2.06 bits per heavy atom. The SMILES string of the molecule is Cc1cc(NCc2ccc(O)c(Br)c2)cnc1Br. The molecule has 5 heteroatoms. The van der Waals surface area contributed by atoms with Crippen molar-refractivity contribution in [3.8, 4) is 5.75 Å². The average molecular weight is 372 g/mol. The fourth-order valence-corrected chi connectivity index (χ4v) is 2.16. The number of aromatic hydroxyl groups is 1. The Balaban J connectivity index is 2.06. The molecule has 0 unspecified atom stereocenters. The van der Waals surface area contributed by atoms with Gasteiger partial charge in [0.15, 0.2) is 0 Å². The lowest BCUT2D eigenvalue weighted by molar-refractivity contribution is 0.471. The fraction of sp³-hybridized carbons (Fsp3) is 0.154. The van der Waals surface area contributed by atoms with Gasteiger partial charge in [-0.25, -0.2) is 4.98 Å². The number of phenolic OH excluding ortho intramolecular Hbond substituents is 1. The zero-order valence-electron chi connectivity index (χ0n) is 9.74. The standard InChI is InChI=1S/C13H12Br2N2O/c1-8-4-10(7-17-13(8)15)16-6-9-2-3-12(18)11(14)5-9/h2-5,7,16,18H,6H2,1H3. The highest BCUT2D eigenvalue weighted by Gasteiger charge is 2.01. The van der Waals surface area contributed by atoms with Crippen molar-refractivity contribution >= 4 is 37.5 Å². The van der Waals surface area contributed by atoms with Crippen molar-refractivity contribution in [1.29, 1.82) is 0 Å². The maximum atomic E-state index is 9.41. The van der Waals surface area contributed by atoms with Gasteiger partial charge in [0.05, 0.1) is 16.4 Å². The van der Waals surface area contributed by atoms with Gasteiger partial charge in [-0.15, -0.1) is 0 Å². The van der Waals surface area contributed by atoms with Crippen molar-refractivity contribution in [3.05, 3.63) is 50.7 Å². The third-order valence-electron chi connectivity index (χ3n) is 2.52. The molecule has 1 aromatic heterocycles. The first-order valence-corrected chi connectivity index (χ1v) is 6.98. The summed E-state index contributed by atoms with van der Waals surface area (Å²) < 4.78 is 1.56. The molecular weight excluding hydrogens is 360 g/mol. The van der Waals surface area contributed by atoms with E-state index < -0.39 is 0 Å². The smallest absolute Gasteiger partial charge is 0.129 e. The van der Waals surface area contributed by atoms with Gasteiger partial charge in [0, 0.05) is 6.54 Å². The van der Waals surface area contributed by atoms with Gasteiger partial charge in [-0.3, -0.25) is 0 Å². The van der Waals surface area contributed by atoms with E-state index in [9.17, 15) is 5.11 Å². The summed E-state index contributed by atoms with van der Waals surface area (Å²) in [5.74, 6) is 0.250. The van der Waals surface area contributed by atoms with Gasteiger partial charge in [-0.05, 0) is 68.1 Å². The maximum absolute atomic E-state index is 9.41. The van der Waals surface area contributed by atoms with Crippen molar-refractivity contribution in [3.63, 3.8) is 0 Å². The number of nitrogens with one attached hydrogen (secondary N) is 1. The van der Waals surface area contributed by atoms with Crippen molar-refractivity contribution in [2.75, 3.05) is 5.32 Å². The lowest BCUT2D eigenvalue weighted by Crippen LogP contribution is -2.00. The summed E-state index contributed by atoms with van der Waals surface area (Å²) in [5, 5.41) is 12.7. The van der Waals surface area contributed by atoms with Gasteiger partial charge in [-0.2, -0.15) is 0 Å². The number of nitrogens with zero attached hydrogens (tertiary/aromatic N) is 1. The molecule has 0 bridgehead atoms. The lowest BCUT2D eigenvalue weighted by atomic mass is 10.2. The molecule has 0 atom stereocenters. The van der Waals surface area contributed by atoms with Crippen LogP contribution in [0.1, 0.15) is 11.1 Å². The van der Waals surface area contributed by atoms with Gasteiger partial charge in [-0.1, -0.05) is 6.07 Å². The molecule has 0 aliphatic carbocycles. The highest BCUT2D eigenvalue weighted by Crippen LogP contribution is 2.25. The zero-order valence-corrected chi connectivity index (χ0v) is 12.9. The number of hydrogen-bond donors (Lipinski definition) is 2. The Morgan fingerprint density at radius 1 is 1.28 bits per heavy atom. The van der Waals surface area contributed by atoms with Crippen LogP contribution in [-0.2, 0) is 6.54 Å². The summed E-state index contributed by atoms with van der Waals surface area (Å²) in [5.41, 5.74) is 3.15. The van der Waals surface area contributed by atoms with Crippen LogP contribution in [0.2, 0.25) is 0 Å². The van der Waals surface area contributed by atoms with E-state index in [1.807, 2.05) is 25.1 Å². The van der Waals surface area contributed by atoms with Crippen LogP contribution in [0.25, 0.3) is 0 Å². The molecule has 0 aliphatic rings. The normalized spacial score (nSPS) is 10.4. The molecule has 3 nitrogen and oxygen atoms in total. The van der Waals surface area contributed by atoms with Crippen LogP contribution in [0, 0.1) is 6.92 Å². The third-order valence-corrected chi connectivity index (χ3v) is 3.99. The zero-order chi connectivity index (χ0) is 13.1. The van der Waals surface area contributed by atoms with Crippen molar-refractivity contribution in [1.82, 2.24) is 4.98 Å². The Morgan fingerprint density at radius 3 is 2.72 bits per heavy atom. The van der Waals surface area contributed by atoms with Gasteiger partial charge in [0.2, 0.25) is 0 Å². The van der Waals surface area contributed by atoms with Gasteiger partial charge >= 0.3 is 0 Å². The first-order valence-electron chi connectivity index (χ1n) is 5.39. The molecule has 0 aliphatic heterocycles. The third kappa shape index (κ3) is 3.23. The van der Waals surface area contributed by atoms with Crippen LogP contribution < -0.4 is 5.32 Å². The summed E-state index contributed by atoms with van der Waals surface area (Å²) in [7, 11) is 0. The van der Waals surface area contributed by atoms with Crippen LogP contribution in [0.15, 0.2) is 39.5 Å². The number of phenols is 1. The fourth-order valence-electron chi connectivity index (χ4n) is 1.52. The number of benzene rings is 1. The van der Waals surface area contributed by atoms with Crippen LogP contribution in [0.5, 0.6) is 5.75 Å². The predicted octanol–water partition coefficient (Wildman–Crippen LogP) is 4.23. The summed E-state index contributed by atoms with van der Waals surface area (Å²) >= 11 is 6.67. The lowest BCUT2D eigenvalue weighted by Gasteiger charge is -2.08. The second-order valence-corrected chi connectivity index (χ2v) is 5.58. The minimum Gasteiger partial charge on any atom is -0.507 e. The maximum Gasteiger partial charge on any atom is 0.129 e. The van der Waals surface area contributed by atoms with Gasteiger partial charge in [0.1, 0.15) is 10.4 Å². The largest absolute Gasteiger partial charge is 0.507 e. The van der Waals surface area contributed by atoms with E-state index in [0.717, 1.165) is 21.4 Å². The number of rotatable bonds is 3. The molecule has 0 saturated heterocycles. The molecule has 0 saturated carbocycles. The topological polar surface area (TPSA) is 45.1 Å². The number of aryl methyl sites for hydroxylation is 1. The number of aromatic nitrogens is 1. The van der Waals surface area contributed by atoms with Gasteiger partial charge in [0.25, 0.3) is 0 Å². The summed E-state index contributed by atoms with van der Waals surface area (Å²) in [6.07, 6.45) is 1.78. The monoisotopic (exact) mass is 370 g/mol. The van der Waals surface area contributed by atoms with Crippen LogP contribution in [0.3, 0.4) is 0 Å². The molecule has 0 radical (unpaired) electrons. The van der Waals surface area contributed by atoms with Crippen molar-refractivity contribution in [2.45, 2.75) is 13.5 Å². The number of anilines is 1. The van der Waals surface area contributed by atoms with Crippen LogP contribution in [0.4, 0.5) is 5.69 Å². The van der Waals surface area contributed by atoms with E-state index in [1.165, 1.54) is 0 Å². The van der Waals surface area contributed by atoms with Crippen LogP contribution in [-0.4, -0.2) is 10.1 Å². The highest BCUT2D eigenvalue weighted by atomic mass is 79.9. The molecule has 2 N–H and O–H groups in total. The molecule has 1 heterocycles. The van der Waals surface area contributed by atoms with E-state index in [-0.39, 0.29) is 5.75 Å². The van der Waals surface area contributed by atoms with E-state index in [0.29, 0.717) is 11.0 Å². The molecule has 0 spiro atoms. The Bertz CT molecular complexity index is 521. The average Bonchev–Trinajstić information content (AvgIpc) is 2.35. The number of halogens is 2. The molecule has 2 rings (SSSR count). The molecule has 1 aromatic carbocycles. The molecular formula is C13H12Br2N2O. The van der Waals surface area contributed by atoms with E-state index in [1.54, 1.807) is 12.3 Å². The molecule has 94 valence electrons. The Labute approximate surface area is 123 Å². The number of hydrogen-bond acceptors (Lipinski definition) is 3. The van der Waals surface area contributed by atoms with Crippen molar-refractivity contribution in [2.24, 2.45) is 0 Å². The first-order chi connectivity index (χ1) is 8.56. The second kappa shape index (κ2) is 5.71. The van der Waals surface area contributed by atoms with E-state index >= 15 is 0 Å². The van der Waals surface area contributed by atoms with E-state index in [2.05, 4.69) is 42.2 Å². The summed E-state index contributed by atoms with van der Waals surface area (Å²) in [6.45, 7) is 2.68. The van der Waals surface area contributed by atoms with Crippen LogP contribution >= 0.6 is 31.9 Å². The first kappa shape index (κ1) is 13.4. The second-order valence-electron chi connectivity index (χ2n) is 3.97. The quantitative estimate of drug-likeness (QED) is 0.793. The summed E-state index contributed by atoms with van der Waals surface area (Å²) in [4.78, 5) is 4.23. The Hall–Kier alpha value is -1.07. The molecule has 0 amide bonds. The molecule has 0 fully saturated rings.